The molecule has 0 saturated carbocycles. The summed E-state index contributed by atoms with van der Waals surface area (Å²) < 4.78 is 0. The van der Waals surface area contributed by atoms with Crippen LogP contribution in [-0.2, 0) is 12.8 Å². The van der Waals surface area contributed by atoms with Crippen molar-refractivity contribution in [3.63, 3.8) is 0 Å². The number of rotatable bonds is 7. The van der Waals surface area contributed by atoms with E-state index < -0.39 is 0 Å². The van der Waals surface area contributed by atoms with Crippen molar-refractivity contribution >= 4 is 5.69 Å². The van der Waals surface area contributed by atoms with Gasteiger partial charge in [-0.15, -0.1) is 0 Å². The van der Waals surface area contributed by atoms with Gasteiger partial charge in [0.05, 0.1) is 0 Å². The molecule has 2 nitrogen and oxygen atoms in total. The summed E-state index contributed by atoms with van der Waals surface area (Å²) >= 11 is 0. The van der Waals surface area contributed by atoms with E-state index in [0.717, 1.165) is 32.5 Å². The molecule has 3 rings (SSSR count). The maximum absolute atomic E-state index is 2.64. The summed E-state index contributed by atoms with van der Waals surface area (Å²) in [5, 5.41) is 0. The molecule has 0 N–H and O–H groups in total. The Morgan fingerprint density at radius 2 is 1.42 bits per heavy atom. The number of anilines is 1. The lowest BCUT2D eigenvalue weighted by molar-refractivity contribution is 0.230. The molecule has 1 aliphatic carbocycles. The van der Waals surface area contributed by atoms with Crippen LogP contribution in [0.2, 0.25) is 0 Å². The van der Waals surface area contributed by atoms with Gasteiger partial charge in [0.1, 0.15) is 0 Å². The van der Waals surface area contributed by atoms with Gasteiger partial charge in [0.25, 0.3) is 0 Å². The first-order valence-electron chi connectivity index (χ1n) is 9.35. The third-order valence-corrected chi connectivity index (χ3v) is 5.45. The van der Waals surface area contributed by atoms with Gasteiger partial charge in [0.2, 0.25) is 0 Å². The Balaban J connectivity index is 1.82. The summed E-state index contributed by atoms with van der Waals surface area (Å²) in [6, 6.07) is 21.0. The van der Waals surface area contributed by atoms with Gasteiger partial charge in [0.15, 0.2) is 0 Å². The minimum atomic E-state index is 0.559. The zero-order valence-corrected chi connectivity index (χ0v) is 15.3. The highest BCUT2D eigenvalue weighted by Gasteiger charge is 2.28. The van der Waals surface area contributed by atoms with Crippen LogP contribution in [0.5, 0.6) is 0 Å². The predicted octanol–water partition coefficient (Wildman–Crippen LogP) is 4.39. The molecule has 24 heavy (non-hydrogen) atoms. The number of fused-ring (bicyclic) bond motifs is 1. The van der Waals surface area contributed by atoms with Crippen molar-refractivity contribution in [1.82, 2.24) is 4.90 Å². The second kappa shape index (κ2) is 7.85. The lowest BCUT2D eigenvalue weighted by Crippen LogP contribution is -2.46. The topological polar surface area (TPSA) is 6.48 Å². The molecule has 0 spiro atoms. The summed E-state index contributed by atoms with van der Waals surface area (Å²) in [5.74, 6) is 0. The van der Waals surface area contributed by atoms with E-state index in [9.17, 15) is 0 Å². The van der Waals surface area contributed by atoms with Crippen LogP contribution >= 0.6 is 0 Å². The highest BCUT2D eigenvalue weighted by molar-refractivity contribution is 5.50. The first kappa shape index (κ1) is 17.0. The normalized spacial score (nSPS) is 15.5. The minimum Gasteiger partial charge on any atom is -0.366 e. The SMILES string of the molecule is CCN(CC)C(C)CN(c1ccccc1)C1Cc2ccccc2C1. The van der Waals surface area contributed by atoms with E-state index in [-0.39, 0.29) is 0 Å². The molecule has 2 aromatic rings. The summed E-state index contributed by atoms with van der Waals surface area (Å²) in [4.78, 5) is 5.20. The first-order valence-corrected chi connectivity index (χ1v) is 9.35. The molecular formula is C22H30N2. The maximum Gasteiger partial charge on any atom is 0.0371 e. The Labute approximate surface area is 147 Å². The average molecular weight is 322 g/mol. The Morgan fingerprint density at radius 3 is 1.96 bits per heavy atom. The monoisotopic (exact) mass is 322 g/mol. The van der Waals surface area contributed by atoms with Crippen LogP contribution in [0, 0.1) is 0 Å². The summed E-state index contributed by atoms with van der Waals surface area (Å²) in [6.07, 6.45) is 2.33. The fraction of sp³-hybridized carbons (Fsp3) is 0.455. The van der Waals surface area contributed by atoms with E-state index in [0.29, 0.717) is 12.1 Å². The fourth-order valence-electron chi connectivity index (χ4n) is 4.09. The summed E-state index contributed by atoms with van der Waals surface area (Å²) in [7, 11) is 0. The van der Waals surface area contributed by atoms with E-state index in [4.69, 9.17) is 0 Å². The molecule has 0 heterocycles. The van der Waals surface area contributed by atoms with Crippen LogP contribution in [-0.4, -0.2) is 36.6 Å². The molecule has 1 atom stereocenters. The number of para-hydroxylation sites is 1. The second-order valence-electron chi connectivity index (χ2n) is 6.89. The number of likely N-dealkylation sites (N-methyl/N-ethyl adjacent to an activating group) is 1. The molecular weight excluding hydrogens is 292 g/mol. The fourth-order valence-corrected chi connectivity index (χ4v) is 4.09. The van der Waals surface area contributed by atoms with Crippen LogP contribution < -0.4 is 4.90 Å². The van der Waals surface area contributed by atoms with E-state index in [1.165, 1.54) is 16.8 Å². The second-order valence-corrected chi connectivity index (χ2v) is 6.89. The maximum atomic E-state index is 2.64. The zero-order valence-electron chi connectivity index (χ0n) is 15.3. The van der Waals surface area contributed by atoms with Crippen LogP contribution in [0.15, 0.2) is 54.6 Å². The molecule has 0 amide bonds. The minimum absolute atomic E-state index is 0.559. The smallest absolute Gasteiger partial charge is 0.0371 e. The number of benzene rings is 2. The lowest BCUT2D eigenvalue weighted by Gasteiger charge is -2.37. The summed E-state index contributed by atoms with van der Waals surface area (Å²) in [5.41, 5.74) is 4.41. The van der Waals surface area contributed by atoms with Crippen molar-refractivity contribution in [2.75, 3.05) is 24.5 Å². The average Bonchev–Trinajstić information content (AvgIpc) is 3.05. The molecule has 0 fully saturated rings. The molecule has 0 aromatic heterocycles. The molecule has 2 aromatic carbocycles. The Bertz CT molecular complexity index is 608. The van der Waals surface area contributed by atoms with Crippen LogP contribution in [0.1, 0.15) is 31.9 Å². The van der Waals surface area contributed by atoms with Gasteiger partial charge in [-0.05, 0) is 56.1 Å². The standard InChI is InChI=1S/C22H30N2/c1-4-23(5-2)18(3)17-24(21-13-7-6-8-14-21)22-15-19-11-9-10-12-20(19)16-22/h6-14,18,22H,4-5,15-17H2,1-3H3. The van der Waals surface area contributed by atoms with Crippen LogP contribution in [0.4, 0.5) is 5.69 Å². The predicted molar refractivity (Wildman–Crippen MR) is 104 cm³/mol. The summed E-state index contributed by atoms with van der Waals surface area (Å²) in [6.45, 7) is 10.2. The van der Waals surface area contributed by atoms with Gasteiger partial charge in [-0.3, -0.25) is 4.90 Å². The van der Waals surface area contributed by atoms with Crippen molar-refractivity contribution in [1.29, 1.82) is 0 Å². The molecule has 0 saturated heterocycles. The number of hydrogen-bond donors (Lipinski definition) is 0. The highest BCUT2D eigenvalue weighted by Crippen LogP contribution is 2.29. The van der Waals surface area contributed by atoms with E-state index >= 15 is 0 Å². The van der Waals surface area contributed by atoms with E-state index in [1.807, 2.05) is 0 Å². The molecule has 1 aliphatic rings. The molecule has 0 bridgehead atoms. The lowest BCUT2D eigenvalue weighted by atomic mass is 10.1. The van der Waals surface area contributed by atoms with Gasteiger partial charge in [0, 0.05) is 24.3 Å². The molecule has 0 radical (unpaired) electrons. The largest absolute Gasteiger partial charge is 0.366 e. The van der Waals surface area contributed by atoms with Gasteiger partial charge < -0.3 is 4.90 Å². The Hall–Kier alpha value is -1.80. The Kier molecular flexibility index (Phi) is 5.57. The zero-order chi connectivity index (χ0) is 16.9. The van der Waals surface area contributed by atoms with E-state index in [1.54, 1.807) is 0 Å². The first-order chi connectivity index (χ1) is 11.7. The number of nitrogens with zero attached hydrogens (tertiary/aromatic N) is 2. The van der Waals surface area contributed by atoms with Crippen LogP contribution in [0.25, 0.3) is 0 Å². The third kappa shape index (κ3) is 3.64. The van der Waals surface area contributed by atoms with Gasteiger partial charge in [-0.1, -0.05) is 56.3 Å². The third-order valence-electron chi connectivity index (χ3n) is 5.45. The van der Waals surface area contributed by atoms with E-state index in [2.05, 4.69) is 85.2 Å². The van der Waals surface area contributed by atoms with Gasteiger partial charge in [-0.2, -0.15) is 0 Å². The van der Waals surface area contributed by atoms with Crippen molar-refractivity contribution in [2.24, 2.45) is 0 Å². The molecule has 2 heteroatoms. The van der Waals surface area contributed by atoms with Crippen molar-refractivity contribution in [3.8, 4) is 0 Å². The molecule has 0 aliphatic heterocycles. The van der Waals surface area contributed by atoms with Crippen molar-refractivity contribution in [3.05, 3.63) is 65.7 Å². The molecule has 128 valence electrons. The highest BCUT2D eigenvalue weighted by atomic mass is 15.2. The number of hydrogen-bond acceptors (Lipinski definition) is 2. The van der Waals surface area contributed by atoms with Crippen molar-refractivity contribution < 1.29 is 0 Å². The van der Waals surface area contributed by atoms with Gasteiger partial charge in [-0.25, -0.2) is 0 Å². The van der Waals surface area contributed by atoms with Crippen LogP contribution in [0.3, 0.4) is 0 Å². The molecule has 1 unspecified atom stereocenters. The Morgan fingerprint density at radius 1 is 0.875 bits per heavy atom. The van der Waals surface area contributed by atoms with Gasteiger partial charge >= 0.3 is 0 Å². The van der Waals surface area contributed by atoms with Crippen molar-refractivity contribution in [2.45, 2.75) is 45.7 Å². The quantitative estimate of drug-likeness (QED) is 0.746.